The zero-order chi connectivity index (χ0) is 21.8. The minimum absolute atomic E-state index is 0.0274. The molecular weight excluding hydrogens is 398 g/mol. The van der Waals surface area contributed by atoms with Crippen molar-refractivity contribution in [2.75, 3.05) is 65.4 Å². The maximum atomic E-state index is 12.3. The van der Waals surface area contributed by atoms with Crippen LogP contribution >= 0.6 is 0 Å². The first-order valence-corrected chi connectivity index (χ1v) is 11.4. The number of carboxylic acid groups (broad SMARTS) is 1. The Morgan fingerprint density at radius 2 is 1.53 bits per heavy atom. The van der Waals surface area contributed by atoms with E-state index >= 15 is 0 Å². The molecule has 172 valence electrons. The van der Waals surface area contributed by atoms with Gasteiger partial charge in [-0.15, -0.1) is 0 Å². The number of likely N-dealkylation sites (tertiary alicyclic amines) is 1. The van der Waals surface area contributed by atoms with Gasteiger partial charge in [-0.1, -0.05) is 6.92 Å². The van der Waals surface area contributed by atoms with E-state index < -0.39 is 5.97 Å². The molecule has 2 aliphatic heterocycles. The van der Waals surface area contributed by atoms with Crippen molar-refractivity contribution >= 4 is 17.8 Å². The summed E-state index contributed by atoms with van der Waals surface area (Å²) in [5.41, 5.74) is 0. The lowest BCUT2D eigenvalue weighted by molar-refractivity contribution is -0.137. The number of piperazine rings is 1. The van der Waals surface area contributed by atoms with Crippen LogP contribution in [0, 0.1) is 0 Å². The van der Waals surface area contributed by atoms with E-state index in [4.69, 9.17) is 5.11 Å². The number of nitrogens with one attached hydrogen (secondary N) is 2. The fourth-order valence-corrected chi connectivity index (χ4v) is 4.17. The largest absolute Gasteiger partial charge is 0.481 e. The Hall–Kier alpha value is -1.71. The topological polar surface area (TPSA) is 105 Å². The van der Waals surface area contributed by atoms with Gasteiger partial charge in [-0.3, -0.25) is 24.2 Å². The number of carbonyl (C=O) groups is 3. The van der Waals surface area contributed by atoms with Crippen molar-refractivity contribution in [1.82, 2.24) is 25.3 Å². The first-order valence-electron chi connectivity index (χ1n) is 11.4. The third kappa shape index (κ3) is 9.40. The molecule has 0 aromatic carbocycles. The van der Waals surface area contributed by atoms with Crippen molar-refractivity contribution in [2.45, 2.75) is 51.5 Å². The molecule has 0 bridgehead atoms. The van der Waals surface area contributed by atoms with E-state index in [-0.39, 0.29) is 18.2 Å². The minimum Gasteiger partial charge on any atom is -0.481 e. The van der Waals surface area contributed by atoms with Gasteiger partial charge in [-0.2, -0.15) is 0 Å². The van der Waals surface area contributed by atoms with Gasteiger partial charge in [0, 0.05) is 64.7 Å². The number of likely N-dealkylation sites (N-methyl/N-ethyl adjacent to an activating group) is 1. The molecule has 3 N–H and O–H groups in total. The number of nitrogens with zero attached hydrogens (tertiary/aromatic N) is 3. The Bertz CT molecular complexity index is 552. The van der Waals surface area contributed by atoms with Crippen molar-refractivity contribution < 1.29 is 19.5 Å². The molecule has 0 aliphatic carbocycles. The molecule has 2 amide bonds. The summed E-state index contributed by atoms with van der Waals surface area (Å²) in [6, 6.07) is 0.459. The average Bonchev–Trinajstić information content (AvgIpc) is 3.15. The number of carboxylic acids is 1. The Balaban J connectivity index is 1.55. The molecule has 0 saturated carbocycles. The maximum absolute atomic E-state index is 12.3. The standard InChI is InChI=1S/C21H39N5O4/c1-2-24-12-14-25(15-13-24)16-18-6-5-11-26(18)17-20(28)23-9-3-7-19(27)22-10-4-8-21(29)30/h18H,2-17H2,1H3,(H,22,27)(H,23,28)(H,29,30)/i3+1,4+1,7+1,8+1,9+1,10+1,16+1,19+1,21+1,22+1,25+1,26+1. The predicted octanol–water partition coefficient (Wildman–Crippen LogP) is -0.0343. The van der Waals surface area contributed by atoms with Crippen molar-refractivity contribution in [3.63, 3.8) is 0 Å². The second-order valence-corrected chi connectivity index (χ2v) is 8.30. The van der Waals surface area contributed by atoms with Crippen LogP contribution in [0.25, 0.3) is 0 Å². The summed E-state index contributed by atoms with van der Waals surface area (Å²) in [6.07, 6.45) is 3.72. The highest BCUT2D eigenvalue weighted by Crippen LogP contribution is 2.18. The molecule has 0 radical (unpaired) electrons. The quantitative estimate of drug-likeness (QED) is 0.211. The Morgan fingerprint density at radius 1 is 0.900 bits per heavy atom. The molecule has 2 fully saturated rings. The van der Waals surface area contributed by atoms with Gasteiger partial charge < -0.3 is 20.6 Å². The molecule has 1 atom stereocenters. The number of hydrogen-bond acceptors (Lipinski definition) is 6. The van der Waals surface area contributed by atoms with E-state index in [2.05, 4.69) is 32.3 Å². The summed E-state index contributed by atoms with van der Waals surface area (Å²) >= 11 is 0. The Morgan fingerprint density at radius 3 is 2.20 bits per heavy atom. The number of aliphatic carboxylic acids is 1. The number of carbonyl (C=O) groups excluding carboxylic acids is 2. The van der Waals surface area contributed by atoms with E-state index in [0.717, 1.165) is 58.7 Å². The molecule has 30 heavy (non-hydrogen) atoms. The zero-order valence-corrected chi connectivity index (χ0v) is 18.4. The van der Waals surface area contributed by atoms with Crippen LogP contribution in [0.15, 0.2) is 0 Å². The fourth-order valence-electron chi connectivity index (χ4n) is 4.17. The van der Waals surface area contributed by atoms with Crippen LogP contribution in [0.1, 0.15) is 45.4 Å². The van der Waals surface area contributed by atoms with Gasteiger partial charge in [0.15, 0.2) is 0 Å². The predicted molar refractivity (Wildman–Crippen MR) is 115 cm³/mol. The summed E-state index contributed by atoms with van der Waals surface area (Å²) in [6.45, 7) is 11.1. The first-order chi connectivity index (χ1) is 14.5. The van der Waals surface area contributed by atoms with Crippen LogP contribution in [-0.4, -0.2) is 109 Å². The van der Waals surface area contributed by atoms with Crippen molar-refractivity contribution in [2.24, 2.45) is 0 Å². The highest BCUT2D eigenvalue weighted by molar-refractivity contribution is 5.78. The summed E-state index contributed by atoms with van der Waals surface area (Å²) in [5, 5.41) is 14.2. The highest BCUT2D eigenvalue weighted by atomic mass is 16.5. The molecule has 1 unspecified atom stereocenters. The molecule has 2 saturated heterocycles. The first kappa shape index (κ1) is 24.6. The average molecular weight is 437 g/mol. The normalized spacial score (nSPS) is 20.9. The summed E-state index contributed by atoms with van der Waals surface area (Å²) < 4.78 is 0. The summed E-state index contributed by atoms with van der Waals surface area (Å²) in [5.74, 6) is -0.928. The van der Waals surface area contributed by atoms with Crippen molar-refractivity contribution in [1.29, 1.82) is 0 Å². The fraction of sp³-hybridized carbons (Fsp3) is 0.857. The third-order valence-electron chi connectivity index (χ3n) is 6.02. The molecule has 0 aromatic rings. The van der Waals surface area contributed by atoms with Gasteiger partial charge in [0.25, 0.3) is 0 Å². The number of rotatable bonds is 13. The second-order valence-electron chi connectivity index (χ2n) is 8.30. The van der Waals surface area contributed by atoms with Crippen LogP contribution in [0.3, 0.4) is 0 Å². The molecule has 0 spiro atoms. The van der Waals surface area contributed by atoms with Crippen molar-refractivity contribution in [3.8, 4) is 0 Å². The molecule has 2 rings (SSSR count). The smallest absolute Gasteiger partial charge is 0.303 e. The van der Waals surface area contributed by atoms with Gasteiger partial charge in [0.05, 0.1) is 6.54 Å². The Labute approximate surface area is 180 Å². The summed E-state index contributed by atoms with van der Waals surface area (Å²) in [4.78, 5) is 41.7. The van der Waals surface area contributed by atoms with E-state index in [9.17, 15) is 14.4 Å². The molecule has 2 aliphatic rings. The lowest BCUT2D eigenvalue weighted by atomic mass is 10.3. The molecular formula is C21H39N5O4. The van der Waals surface area contributed by atoms with Crippen LogP contribution in [-0.2, 0) is 14.4 Å². The number of amides is 2. The minimum atomic E-state index is -0.855. The van der Waals surface area contributed by atoms with Crippen LogP contribution in [0.4, 0.5) is 0 Å². The molecule has 2 heterocycles. The maximum Gasteiger partial charge on any atom is 0.303 e. The van der Waals surface area contributed by atoms with Gasteiger partial charge in [-0.25, -0.2) is 0 Å². The van der Waals surface area contributed by atoms with Gasteiger partial charge in [-0.05, 0) is 38.8 Å². The van der Waals surface area contributed by atoms with E-state index in [0.29, 0.717) is 44.9 Å². The van der Waals surface area contributed by atoms with E-state index in [1.807, 2.05) is 0 Å². The van der Waals surface area contributed by atoms with Gasteiger partial charge >= 0.3 is 5.97 Å². The van der Waals surface area contributed by atoms with Crippen LogP contribution < -0.4 is 10.6 Å². The lowest BCUT2D eigenvalue weighted by Crippen LogP contribution is -2.51. The van der Waals surface area contributed by atoms with E-state index in [1.54, 1.807) is 0 Å². The Kier molecular flexibility index (Phi) is 11.1. The van der Waals surface area contributed by atoms with Crippen LogP contribution in [0.2, 0.25) is 0 Å². The SMILES string of the molecule is CCN1CC[15N]([13CH2]C2CCC[15N]2CC(=O)N[13CH2][13CH2][13CH2][13C](=O)[15NH][13CH2][13CH2][13CH2][13C](=O)O)CC1. The monoisotopic (exact) mass is 437 g/mol. The van der Waals surface area contributed by atoms with Gasteiger partial charge in [0.2, 0.25) is 11.8 Å². The van der Waals surface area contributed by atoms with E-state index in [1.165, 1.54) is 0 Å². The second kappa shape index (κ2) is 13.6. The summed E-state index contributed by atoms with van der Waals surface area (Å²) in [7, 11) is 0. The molecule has 9 nitrogen and oxygen atoms in total. The zero-order valence-electron chi connectivity index (χ0n) is 18.4. The lowest BCUT2D eigenvalue weighted by Gasteiger charge is -2.37. The number of hydrogen-bond donors (Lipinski definition) is 3. The van der Waals surface area contributed by atoms with Crippen LogP contribution in [0.5, 0.6) is 0 Å². The van der Waals surface area contributed by atoms with Crippen molar-refractivity contribution in [3.05, 3.63) is 0 Å². The highest BCUT2D eigenvalue weighted by Gasteiger charge is 2.28. The molecule has 9 heteroatoms. The van der Waals surface area contributed by atoms with Gasteiger partial charge in [0.1, 0.15) is 0 Å². The third-order valence-corrected chi connectivity index (χ3v) is 6.02. The molecule has 0 aromatic heterocycles.